The van der Waals surface area contributed by atoms with Crippen LogP contribution in [0.25, 0.3) is 0 Å². The maximum atomic E-state index is 5.17. The second-order valence-corrected chi connectivity index (χ2v) is 1.23. The van der Waals surface area contributed by atoms with Crippen molar-refractivity contribution in [1.29, 1.82) is 0 Å². The van der Waals surface area contributed by atoms with Crippen LogP contribution in [0.3, 0.4) is 0 Å². The van der Waals surface area contributed by atoms with Crippen molar-refractivity contribution in [3.8, 4) is 0 Å². The van der Waals surface area contributed by atoms with Gasteiger partial charge in [-0.3, -0.25) is 0 Å². The molecule has 0 atom stereocenters. The van der Waals surface area contributed by atoms with Crippen LogP contribution in [0.15, 0.2) is 4.63 Å². The van der Waals surface area contributed by atoms with Crippen molar-refractivity contribution in [1.82, 2.24) is 10.3 Å². The Kier molecular flexibility index (Phi) is 2.27. The van der Waals surface area contributed by atoms with Crippen LogP contribution in [-0.4, -0.2) is 10.3 Å². The molecule has 0 bridgehead atoms. The number of nitrogens with zero attached hydrogens (tertiary/aromatic N) is 2. The highest BCUT2D eigenvalue weighted by atomic mass is 35.5. The summed E-state index contributed by atoms with van der Waals surface area (Å²) in [6, 6.07) is 0. The normalized spacial score (nSPS) is 8.12. The molecule has 0 aliphatic rings. The molecule has 0 unspecified atom stereocenters. The Hall–Kier alpha value is -0.770. The topological polar surface area (TPSA) is 64.9 Å². The molecule has 0 radical (unpaired) electrons. The highest BCUT2D eigenvalue weighted by molar-refractivity contribution is 5.85. The van der Waals surface area contributed by atoms with Crippen LogP contribution in [0, 0.1) is 6.92 Å². The van der Waals surface area contributed by atoms with Crippen molar-refractivity contribution in [2.45, 2.75) is 6.92 Å². The Morgan fingerprint density at radius 2 is 2.12 bits per heavy atom. The Labute approximate surface area is 52.4 Å². The first-order valence-electron chi connectivity index (χ1n) is 1.85. The quantitative estimate of drug-likeness (QED) is 0.559. The third kappa shape index (κ3) is 1.10. The highest BCUT2D eigenvalue weighted by Crippen LogP contribution is 1.98. The van der Waals surface area contributed by atoms with E-state index in [9.17, 15) is 0 Å². The molecule has 8 heavy (non-hydrogen) atoms. The van der Waals surface area contributed by atoms with E-state index in [2.05, 4.69) is 14.9 Å². The maximum absolute atomic E-state index is 5.17. The summed E-state index contributed by atoms with van der Waals surface area (Å²) < 4.78 is 4.22. The van der Waals surface area contributed by atoms with Gasteiger partial charge >= 0.3 is 0 Å². The molecule has 0 spiro atoms. The maximum Gasteiger partial charge on any atom is 0.191 e. The number of hydrogen-bond acceptors (Lipinski definition) is 4. The van der Waals surface area contributed by atoms with Gasteiger partial charge in [-0.2, -0.15) is 0 Å². The van der Waals surface area contributed by atoms with Crippen molar-refractivity contribution in [2.24, 2.45) is 0 Å². The Morgan fingerprint density at radius 3 is 2.25 bits per heavy atom. The molecule has 0 saturated heterocycles. The minimum Gasteiger partial charge on any atom is -0.379 e. The second kappa shape index (κ2) is 2.52. The van der Waals surface area contributed by atoms with Gasteiger partial charge in [0.25, 0.3) is 0 Å². The predicted octanol–water partition coefficient (Wildman–Crippen LogP) is 0.382. The standard InChI is InChI=1S/C3H5N3O.ClH/c1-2-3(4)6-7-5-2;/h1H3,(H2,4,6);1H. The van der Waals surface area contributed by atoms with Gasteiger partial charge in [-0.1, -0.05) is 5.16 Å². The minimum atomic E-state index is 0. The van der Waals surface area contributed by atoms with Gasteiger partial charge in [0.05, 0.1) is 0 Å². The van der Waals surface area contributed by atoms with Gasteiger partial charge in [0.1, 0.15) is 5.69 Å². The lowest BCUT2D eigenvalue weighted by Crippen LogP contribution is -1.85. The van der Waals surface area contributed by atoms with Gasteiger partial charge in [-0.15, -0.1) is 12.4 Å². The smallest absolute Gasteiger partial charge is 0.191 e. The van der Waals surface area contributed by atoms with E-state index >= 15 is 0 Å². The zero-order valence-corrected chi connectivity index (χ0v) is 5.10. The van der Waals surface area contributed by atoms with Crippen LogP contribution in [-0.2, 0) is 0 Å². The van der Waals surface area contributed by atoms with Crippen molar-refractivity contribution < 1.29 is 4.63 Å². The second-order valence-electron chi connectivity index (χ2n) is 1.23. The zero-order valence-electron chi connectivity index (χ0n) is 4.29. The molecule has 5 heteroatoms. The lowest BCUT2D eigenvalue weighted by molar-refractivity contribution is 0.306. The number of rotatable bonds is 0. The van der Waals surface area contributed by atoms with Crippen molar-refractivity contribution >= 4 is 18.2 Å². The third-order valence-corrected chi connectivity index (χ3v) is 0.688. The fraction of sp³-hybridized carbons (Fsp3) is 0.333. The highest BCUT2D eigenvalue weighted by Gasteiger charge is 1.94. The predicted molar refractivity (Wildman–Crippen MR) is 30.7 cm³/mol. The van der Waals surface area contributed by atoms with Crippen LogP contribution in [0.5, 0.6) is 0 Å². The lowest BCUT2D eigenvalue weighted by atomic mass is 10.5. The summed E-state index contributed by atoms with van der Waals surface area (Å²) in [5.41, 5.74) is 5.81. The van der Waals surface area contributed by atoms with Crippen LogP contribution in [0.1, 0.15) is 5.69 Å². The first-order valence-corrected chi connectivity index (χ1v) is 1.85. The monoisotopic (exact) mass is 135 g/mol. The van der Waals surface area contributed by atoms with E-state index in [0.717, 1.165) is 0 Å². The molecule has 0 fully saturated rings. The number of aryl methyl sites for hydroxylation is 1. The summed E-state index contributed by atoms with van der Waals surface area (Å²) in [4.78, 5) is 0. The Morgan fingerprint density at radius 1 is 1.50 bits per heavy atom. The molecule has 0 amide bonds. The largest absolute Gasteiger partial charge is 0.379 e. The molecule has 1 rings (SSSR count). The molecule has 0 aliphatic heterocycles. The van der Waals surface area contributed by atoms with Gasteiger partial charge in [-0.05, 0) is 12.1 Å². The fourth-order valence-corrected chi connectivity index (χ4v) is 0.238. The van der Waals surface area contributed by atoms with E-state index in [-0.39, 0.29) is 12.4 Å². The summed E-state index contributed by atoms with van der Waals surface area (Å²) >= 11 is 0. The Bertz CT molecular complexity index is 147. The van der Waals surface area contributed by atoms with Crippen LogP contribution in [0.2, 0.25) is 0 Å². The van der Waals surface area contributed by atoms with E-state index in [1.807, 2.05) is 0 Å². The van der Waals surface area contributed by atoms with E-state index < -0.39 is 0 Å². The van der Waals surface area contributed by atoms with Gasteiger partial charge in [0, 0.05) is 0 Å². The number of nitrogens with two attached hydrogens (primary N) is 1. The number of anilines is 1. The van der Waals surface area contributed by atoms with Gasteiger partial charge in [0.15, 0.2) is 5.82 Å². The summed E-state index contributed by atoms with van der Waals surface area (Å²) in [5, 5.41) is 6.71. The van der Waals surface area contributed by atoms with E-state index in [1.54, 1.807) is 6.92 Å². The molecule has 4 nitrogen and oxygen atoms in total. The minimum absolute atomic E-state index is 0. The number of hydrogen-bond donors (Lipinski definition) is 1. The van der Waals surface area contributed by atoms with Crippen molar-refractivity contribution in [3.05, 3.63) is 5.69 Å². The molecule has 1 aromatic heterocycles. The molecule has 0 saturated carbocycles. The number of aromatic nitrogens is 2. The first-order chi connectivity index (χ1) is 3.30. The van der Waals surface area contributed by atoms with Crippen molar-refractivity contribution in [2.75, 3.05) is 5.73 Å². The van der Waals surface area contributed by atoms with Crippen molar-refractivity contribution in [3.63, 3.8) is 0 Å². The van der Waals surface area contributed by atoms with Gasteiger partial charge < -0.3 is 5.73 Å². The zero-order chi connectivity index (χ0) is 5.28. The summed E-state index contributed by atoms with van der Waals surface area (Å²) in [6.45, 7) is 1.73. The van der Waals surface area contributed by atoms with Crippen LogP contribution < -0.4 is 5.73 Å². The summed E-state index contributed by atoms with van der Waals surface area (Å²) in [5.74, 6) is 0.361. The SMILES string of the molecule is Cc1nonc1N.Cl. The van der Waals surface area contributed by atoms with Crippen LogP contribution in [0.4, 0.5) is 5.82 Å². The number of halogens is 1. The van der Waals surface area contributed by atoms with E-state index in [4.69, 9.17) is 5.73 Å². The van der Waals surface area contributed by atoms with E-state index in [0.29, 0.717) is 11.5 Å². The average Bonchev–Trinajstić information content (AvgIpc) is 1.91. The molecule has 1 aromatic rings. The third-order valence-electron chi connectivity index (χ3n) is 0.688. The van der Waals surface area contributed by atoms with E-state index in [1.165, 1.54) is 0 Å². The van der Waals surface area contributed by atoms with Gasteiger partial charge in [-0.25, -0.2) is 4.63 Å². The molecule has 2 N–H and O–H groups in total. The average molecular weight is 136 g/mol. The number of nitrogen functional groups attached to an aromatic ring is 1. The van der Waals surface area contributed by atoms with Gasteiger partial charge in [0.2, 0.25) is 0 Å². The molecule has 46 valence electrons. The molecule has 1 heterocycles. The van der Waals surface area contributed by atoms with Crippen LogP contribution >= 0.6 is 12.4 Å². The Balaban J connectivity index is 0.000000490. The molecule has 0 aromatic carbocycles. The first kappa shape index (κ1) is 7.23. The molecule has 0 aliphatic carbocycles. The molecular formula is C3H6ClN3O. The fourth-order valence-electron chi connectivity index (χ4n) is 0.238. The summed E-state index contributed by atoms with van der Waals surface area (Å²) in [7, 11) is 0. The summed E-state index contributed by atoms with van der Waals surface area (Å²) in [6.07, 6.45) is 0. The molecular weight excluding hydrogens is 130 g/mol. The lowest BCUT2D eigenvalue weighted by Gasteiger charge is -1.72.